The van der Waals surface area contributed by atoms with Crippen LogP contribution in [0.1, 0.15) is 17.7 Å². The number of aliphatic hydroxyl groups is 1. The third-order valence-corrected chi connectivity index (χ3v) is 4.08. The number of aryl methyl sites for hydroxylation is 1. The van der Waals surface area contributed by atoms with Gasteiger partial charge in [0.05, 0.1) is 11.8 Å². The summed E-state index contributed by atoms with van der Waals surface area (Å²) in [4.78, 5) is 4.60. The number of rotatable bonds is 1. The van der Waals surface area contributed by atoms with E-state index in [-0.39, 0.29) is 6.10 Å². The van der Waals surface area contributed by atoms with Crippen LogP contribution in [0.25, 0.3) is 11.4 Å². The fourth-order valence-corrected chi connectivity index (χ4v) is 2.96. The Hall–Kier alpha value is -1.13. The molecule has 0 aliphatic carbocycles. The predicted octanol–water partition coefficient (Wildman–Crippen LogP) is 2.93. The van der Waals surface area contributed by atoms with E-state index in [2.05, 4.69) is 56.7 Å². The van der Waals surface area contributed by atoms with E-state index < -0.39 is 0 Å². The van der Waals surface area contributed by atoms with Crippen LogP contribution in [-0.2, 0) is 13.0 Å². The normalized spacial score (nSPS) is 18.7. The topological polar surface area (TPSA) is 38.0 Å². The first-order valence-corrected chi connectivity index (χ1v) is 6.94. The number of aromatic nitrogens is 2. The number of nitrogens with zero attached hydrogens (tertiary/aromatic N) is 2. The number of halogens is 1. The molecule has 0 saturated heterocycles. The SMILES string of the molecule is Cc1ccc(-c2nc(Br)c3n2CCC(O)C3)cc1. The van der Waals surface area contributed by atoms with Gasteiger partial charge >= 0.3 is 0 Å². The van der Waals surface area contributed by atoms with Crippen molar-refractivity contribution in [1.29, 1.82) is 0 Å². The maximum absolute atomic E-state index is 9.73. The van der Waals surface area contributed by atoms with Crippen molar-refractivity contribution in [3.63, 3.8) is 0 Å². The highest BCUT2D eigenvalue weighted by atomic mass is 79.9. The van der Waals surface area contributed by atoms with Gasteiger partial charge in [-0.15, -0.1) is 0 Å². The van der Waals surface area contributed by atoms with E-state index in [4.69, 9.17) is 0 Å². The molecule has 0 spiro atoms. The quantitative estimate of drug-likeness (QED) is 0.879. The summed E-state index contributed by atoms with van der Waals surface area (Å²) >= 11 is 3.50. The standard InChI is InChI=1S/C14H15BrN2O/c1-9-2-4-10(5-3-9)14-16-13(15)12-8-11(18)6-7-17(12)14/h2-5,11,18H,6-8H2,1H3. The summed E-state index contributed by atoms with van der Waals surface area (Å²) < 4.78 is 3.07. The largest absolute Gasteiger partial charge is 0.393 e. The molecular weight excluding hydrogens is 292 g/mol. The van der Waals surface area contributed by atoms with E-state index in [0.29, 0.717) is 6.42 Å². The molecule has 3 rings (SSSR count). The highest BCUT2D eigenvalue weighted by Crippen LogP contribution is 2.30. The van der Waals surface area contributed by atoms with E-state index in [0.717, 1.165) is 34.7 Å². The van der Waals surface area contributed by atoms with Gasteiger partial charge in [-0.05, 0) is 29.3 Å². The summed E-state index contributed by atoms with van der Waals surface area (Å²) in [7, 11) is 0. The number of aliphatic hydroxyl groups excluding tert-OH is 1. The summed E-state index contributed by atoms with van der Waals surface area (Å²) in [6.07, 6.45) is 1.24. The lowest BCUT2D eigenvalue weighted by Gasteiger charge is -2.21. The van der Waals surface area contributed by atoms with Crippen LogP contribution in [0.3, 0.4) is 0 Å². The summed E-state index contributed by atoms with van der Waals surface area (Å²) in [5.74, 6) is 0.990. The zero-order valence-corrected chi connectivity index (χ0v) is 11.8. The molecule has 0 fully saturated rings. The molecule has 1 atom stereocenters. The minimum Gasteiger partial charge on any atom is -0.393 e. The van der Waals surface area contributed by atoms with Crippen molar-refractivity contribution in [3.05, 3.63) is 40.1 Å². The number of imidazole rings is 1. The predicted molar refractivity (Wildman–Crippen MR) is 74.4 cm³/mol. The number of hydrogen-bond acceptors (Lipinski definition) is 2. The third kappa shape index (κ3) is 1.99. The molecule has 1 aliphatic rings. The summed E-state index contributed by atoms with van der Waals surface area (Å²) in [6, 6.07) is 8.40. The van der Waals surface area contributed by atoms with Gasteiger partial charge in [0.25, 0.3) is 0 Å². The van der Waals surface area contributed by atoms with Gasteiger partial charge in [-0.1, -0.05) is 29.8 Å². The molecule has 4 heteroatoms. The lowest BCUT2D eigenvalue weighted by molar-refractivity contribution is 0.143. The van der Waals surface area contributed by atoms with Gasteiger partial charge in [0.2, 0.25) is 0 Å². The van der Waals surface area contributed by atoms with Crippen molar-refractivity contribution in [2.45, 2.75) is 32.4 Å². The second kappa shape index (κ2) is 4.52. The van der Waals surface area contributed by atoms with Crippen molar-refractivity contribution < 1.29 is 5.11 Å². The second-order valence-corrected chi connectivity index (χ2v) is 5.59. The van der Waals surface area contributed by atoms with Crippen LogP contribution < -0.4 is 0 Å². The molecule has 0 saturated carbocycles. The first-order chi connectivity index (χ1) is 8.65. The van der Waals surface area contributed by atoms with Gasteiger partial charge in [-0.3, -0.25) is 0 Å². The lowest BCUT2D eigenvalue weighted by atomic mass is 10.1. The van der Waals surface area contributed by atoms with Crippen molar-refractivity contribution >= 4 is 15.9 Å². The molecule has 1 unspecified atom stereocenters. The molecule has 94 valence electrons. The molecule has 3 nitrogen and oxygen atoms in total. The highest BCUT2D eigenvalue weighted by Gasteiger charge is 2.23. The number of hydrogen-bond donors (Lipinski definition) is 1. The molecule has 0 amide bonds. The van der Waals surface area contributed by atoms with Crippen LogP contribution in [0.5, 0.6) is 0 Å². The van der Waals surface area contributed by atoms with E-state index in [1.165, 1.54) is 5.56 Å². The van der Waals surface area contributed by atoms with Crippen LogP contribution in [0.2, 0.25) is 0 Å². The van der Waals surface area contributed by atoms with E-state index in [9.17, 15) is 5.11 Å². The van der Waals surface area contributed by atoms with E-state index in [1.54, 1.807) is 0 Å². The van der Waals surface area contributed by atoms with E-state index >= 15 is 0 Å². The summed E-state index contributed by atoms with van der Waals surface area (Å²) in [5, 5.41) is 9.73. The zero-order valence-electron chi connectivity index (χ0n) is 10.2. The molecule has 0 radical (unpaired) electrons. The van der Waals surface area contributed by atoms with Crippen LogP contribution in [0.4, 0.5) is 0 Å². The van der Waals surface area contributed by atoms with Crippen LogP contribution in [0, 0.1) is 6.92 Å². The molecule has 2 aromatic rings. The lowest BCUT2D eigenvalue weighted by Crippen LogP contribution is -2.23. The molecule has 1 N–H and O–H groups in total. The Balaban J connectivity index is 2.08. The Morgan fingerprint density at radius 3 is 2.78 bits per heavy atom. The van der Waals surface area contributed by atoms with Gasteiger partial charge in [0.15, 0.2) is 0 Å². The molecule has 1 aliphatic heterocycles. The first-order valence-electron chi connectivity index (χ1n) is 6.15. The van der Waals surface area contributed by atoms with Gasteiger partial charge in [-0.25, -0.2) is 4.98 Å². The number of benzene rings is 1. The fourth-order valence-electron chi connectivity index (χ4n) is 2.42. The van der Waals surface area contributed by atoms with Crippen molar-refractivity contribution in [2.24, 2.45) is 0 Å². The van der Waals surface area contributed by atoms with Gasteiger partial charge in [0, 0.05) is 18.5 Å². The van der Waals surface area contributed by atoms with E-state index in [1.807, 2.05) is 0 Å². The Morgan fingerprint density at radius 1 is 1.33 bits per heavy atom. The molecule has 18 heavy (non-hydrogen) atoms. The third-order valence-electron chi connectivity index (χ3n) is 3.45. The zero-order chi connectivity index (χ0) is 12.7. The van der Waals surface area contributed by atoms with Crippen LogP contribution in [-0.4, -0.2) is 20.8 Å². The Labute approximate surface area is 115 Å². The second-order valence-electron chi connectivity index (χ2n) is 4.84. The molecule has 0 bridgehead atoms. The monoisotopic (exact) mass is 306 g/mol. The van der Waals surface area contributed by atoms with Crippen molar-refractivity contribution in [3.8, 4) is 11.4 Å². The maximum Gasteiger partial charge on any atom is 0.141 e. The van der Waals surface area contributed by atoms with Gasteiger partial charge in [0.1, 0.15) is 10.4 Å². The highest BCUT2D eigenvalue weighted by molar-refractivity contribution is 9.10. The average molecular weight is 307 g/mol. The van der Waals surface area contributed by atoms with Crippen LogP contribution >= 0.6 is 15.9 Å². The number of fused-ring (bicyclic) bond motifs is 1. The minimum absolute atomic E-state index is 0.239. The Kier molecular flexibility index (Phi) is 2.99. The van der Waals surface area contributed by atoms with Crippen molar-refractivity contribution in [1.82, 2.24) is 9.55 Å². The van der Waals surface area contributed by atoms with Gasteiger partial charge in [-0.2, -0.15) is 0 Å². The average Bonchev–Trinajstić information content (AvgIpc) is 2.68. The molecular formula is C14H15BrN2O. The molecule has 1 aromatic heterocycles. The van der Waals surface area contributed by atoms with Crippen molar-refractivity contribution in [2.75, 3.05) is 0 Å². The summed E-state index contributed by atoms with van der Waals surface area (Å²) in [5.41, 5.74) is 3.48. The minimum atomic E-state index is -0.239. The Morgan fingerprint density at radius 2 is 2.06 bits per heavy atom. The molecule has 2 heterocycles. The molecule has 1 aromatic carbocycles. The smallest absolute Gasteiger partial charge is 0.141 e. The van der Waals surface area contributed by atoms with Gasteiger partial charge < -0.3 is 9.67 Å². The maximum atomic E-state index is 9.73. The Bertz CT molecular complexity index is 574. The fraction of sp³-hybridized carbons (Fsp3) is 0.357. The summed E-state index contributed by atoms with van der Waals surface area (Å²) in [6.45, 7) is 2.91. The first kappa shape index (κ1) is 11.9. The van der Waals surface area contributed by atoms with Crippen LogP contribution in [0.15, 0.2) is 28.9 Å².